The van der Waals surface area contributed by atoms with Crippen molar-refractivity contribution in [3.05, 3.63) is 47.8 Å². The summed E-state index contributed by atoms with van der Waals surface area (Å²) in [5.41, 5.74) is 2.48. The number of rotatable bonds is 2. The SMILES string of the molecule is COc1cc(F)ccc1-c1ccc2c(c1)C1(C)CCCC1(O)C(C)(C)N2. The van der Waals surface area contributed by atoms with E-state index >= 15 is 0 Å². The predicted octanol–water partition coefficient (Wildman–Crippen LogP) is 4.88. The fourth-order valence-electron chi connectivity index (χ4n) is 5.16. The maximum absolute atomic E-state index is 13.6. The van der Waals surface area contributed by atoms with E-state index in [0.29, 0.717) is 5.75 Å². The van der Waals surface area contributed by atoms with Crippen LogP contribution in [0, 0.1) is 5.82 Å². The standard InChI is InChI=1S/C22H26FNO2/c1-20(2)22(25)11-5-10-21(22,3)17-12-14(6-9-18(17)24-20)16-8-7-15(23)13-19(16)26-4/h6-9,12-13,24-25H,5,10-11H2,1-4H3. The van der Waals surface area contributed by atoms with Crippen LogP contribution >= 0.6 is 0 Å². The Morgan fingerprint density at radius 1 is 1.08 bits per heavy atom. The van der Waals surface area contributed by atoms with Crippen molar-refractivity contribution >= 4 is 5.69 Å². The van der Waals surface area contributed by atoms with Crippen molar-refractivity contribution in [2.45, 2.75) is 56.6 Å². The van der Waals surface area contributed by atoms with Crippen LogP contribution in [0.1, 0.15) is 45.6 Å². The van der Waals surface area contributed by atoms with E-state index in [1.165, 1.54) is 12.1 Å². The Balaban J connectivity index is 1.90. The second-order valence-electron chi connectivity index (χ2n) is 8.40. The maximum Gasteiger partial charge on any atom is 0.129 e. The quantitative estimate of drug-likeness (QED) is 0.807. The van der Waals surface area contributed by atoms with Crippen LogP contribution < -0.4 is 10.1 Å². The Morgan fingerprint density at radius 2 is 1.85 bits per heavy atom. The largest absolute Gasteiger partial charge is 0.496 e. The number of ether oxygens (including phenoxy) is 1. The minimum atomic E-state index is -0.807. The number of hydrogen-bond donors (Lipinski definition) is 2. The first-order valence-corrected chi connectivity index (χ1v) is 9.21. The zero-order chi connectivity index (χ0) is 18.7. The Kier molecular flexibility index (Phi) is 3.65. The maximum atomic E-state index is 13.6. The molecule has 2 aliphatic rings. The summed E-state index contributed by atoms with van der Waals surface area (Å²) in [7, 11) is 1.55. The van der Waals surface area contributed by atoms with Crippen LogP contribution in [-0.2, 0) is 5.41 Å². The molecule has 0 bridgehead atoms. The normalized spacial score (nSPS) is 28.8. The van der Waals surface area contributed by atoms with Gasteiger partial charge in [0, 0.05) is 22.7 Å². The summed E-state index contributed by atoms with van der Waals surface area (Å²) < 4.78 is 19.0. The molecule has 2 atom stereocenters. The van der Waals surface area contributed by atoms with E-state index in [-0.39, 0.29) is 11.2 Å². The van der Waals surface area contributed by atoms with Crippen LogP contribution in [0.3, 0.4) is 0 Å². The van der Waals surface area contributed by atoms with Gasteiger partial charge in [-0.3, -0.25) is 0 Å². The fourth-order valence-corrected chi connectivity index (χ4v) is 5.16. The highest BCUT2D eigenvalue weighted by Gasteiger charge is 2.62. The second kappa shape index (κ2) is 5.46. The highest BCUT2D eigenvalue weighted by molar-refractivity contribution is 5.76. The van der Waals surface area contributed by atoms with Crippen LogP contribution in [0.2, 0.25) is 0 Å². The number of fused-ring (bicyclic) bond motifs is 3. The number of hydrogen-bond acceptors (Lipinski definition) is 3. The van der Waals surface area contributed by atoms with Gasteiger partial charge in [0.05, 0.1) is 18.2 Å². The summed E-state index contributed by atoms with van der Waals surface area (Å²) in [6.45, 7) is 6.33. The van der Waals surface area contributed by atoms with Gasteiger partial charge in [-0.15, -0.1) is 0 Å². The molecule has 138 valence electrons. The van der Waals surface area contributed by atoms with Gasteiger partial charge in [-0.2, -0.15) is 0 Å². The van der Waals surface area contributed by atoms with Crippen molar-refractivity contribution in [1.29, 1.82) is 0 Å². The topological polar surface area (TPSA) is 41.5 Å². The van der Waals surface area contributed by atoms with Gasteiger partial charge in [-0.1, -0.05) is 13.0 Å². The molecular formula is C22H26FNO2. The molecule has 0 amide bonds. The van der Waals surface area contributed by atoms with Crippen molar-refractivity contribution < 1.29 is 14.2 Å². The first-order chi connectivity index (χ1) is 12.2. The first kappa shape index (κ1) is 17.3. The summed E-state index contributed by atoms with van der Waals surface area (Å²) >= 11 is 0. The molecule has 0 spiro atoms. The van der Waals surface area contributed by atoms with Crippen molar-refractivity contribution in [2.24, 2.45) is 0 Å². The molecule has 4 rings (SSSR count). The number of aliphatic hydroxyl groups is 1. The van der Waals surface area contributed by atoms with Crippen molar-refractivity contribution in [2.75, 3.05) is 12.4 Å². The number of nitrogens with one attached hydrogen (secondary N) is 1. The van der Waals surface area contributed by atoms with E-state index in [2.05, 4.69) is 38.2 Å². The molecular weight excluding hydrogens is 329 g/mol. The van der Waals surface area contributed by atoms with Crippen LogP contribution in [-0.4, -0.2) is 23.4 Å². The Bertz CT molecular complexity index is 878. The average molecular weight is 355 g/mol. The third kappa shape index (κ3) is 2.14. The molecule has 2 aromatic rings. The third-order valence-corrected chi connectivity index (χ3v) is 6.70. The van der Waals surface area contributed by atoms with Gasteiger partial charge in [-0.25, -0.2) is 4.39 Å². The zero-order valence-corrected chi connectivity index (χ0v) is 15.8. The van der Waals surface area contributed by atoms with Gasteiger partial charge in [0.2, 0.25) is 0 Å². The van der Waals surface area contributed by atoms with E-state index in [1.807, 2.05) is 6.07 Å². The lowest BCUT2D eigenvalue weighted by Gasteiger charge is -2.55. The number of anilines is 1. The molecule has 1 heterocycles. The summed E-state index contributed by atoms with van der Waals surface area (Å²) in [5.74, 6) is 0.199. The van der Waals surface area contributed by atoms with E-state index in [0.717, 1.165) is 41.6 Å². The molecule has 0 radical (unpaired) electrons. The molecule has 1 fully saturated rings. The molecule has 4 heteroatoms. The van der Waals surface area contributed by atoms with E-state index in [1.54, 1.807) is 13.2 Å². The van der Waals surface area contributed by atoms with Crippen molar-refractivity contribution in [3.63, 3.8) is 0 Å². The summed E-state index contributed by atoms with van der Waals surface area (Å²) in [5, 5.41) is 15.2. The molecule has 2 N–H and O–H groups in total. The van der Waals surface area contributed by atoms with Crippen LogP contribution in [0.25, 0.3) is 11.1 Å². The van der Waals surface area contributed by atoms with Crippen LogP contribution in [0.4, 0.5) is 10.1 Å². The first-order valence-electron chi connectivity index (χ1n) is 9.21. The highest BCUT2D eigenvalue weighted by atomic mass is 19.1. The molecule has 2 unspecified atom stereocenters. The van der Waals surface area contributed by atoms with E-state index in [4.69, 9.17) is 4.74 Å². The third-order valence-electron chi connectivity index (χ3n) is 6.70. The lowest BCUT2D eigenvalue weighted by Crippen LogP contribution is -2.65. The Labute approximate surface area is 154 Å². The smallest absolute Gasteiger partial charge is 0.129 e. The van der Waals surface area contributed by atoms with Crippen LogP contribution in [0.5, 0.6) is 5.75 Å². The summed E-state index contributed by atoms with van der Waals surface area (Å²) in [6, 6.07) is 10.8. The second-order valence-corrected chi connectivity index (χ2v) is 8.40. The Morgan fingerprint density at radius 3 is 2.58 bits per heavy atom. The molecule has 1 aliphatic carbocycles. The molecule has 0 saturated heterocycles. The molecule has 1 aliphatic heterocycles. The molecule has 3 nitrogen and oxygen atoms in total. The number of halogens is 1. The minimum Gasteiger partial charge on any atom is -0.496 e. The van der Waals surface area contributed by atoms with E-state index in [9.17, 15) is 9.50 Å². The van der Waals surface area contributed by atoms with Gasteiger partial charge in [0.25, 0.3) is 0 Å². The number of benzene rings is 2. The molecule has 26 heavy (non-hydrogen) atoms. The van der Waals surface area contributed by atoms with Gasteiger partial charge < -0.3 is 15.2 Å². The molecule has 1 saturated carbocycles. The zero-order valence-electron chi connectivity index (χ0n) is 15.8. The number of methoxy groups -OCH3 is 1. The lowest BCUT2D eigenvalue weighted by molar-refractivity contribution is -0.0628. The average Bonchev–Trinajstić information content (AvgIpc) is 2.92. The molecule has 2 aromatic carbocycles. The highest BCUT2D eigenvalue weighted by Crippen LogP contribution is 2.59. The van der Waals surface area contributed by atoms with Gasteiger partial charge in [-0.05, 0) is 68.5 Å². The van der Waals surface area contributed by atoms with Crippen LogP contribution in [0.15, 0.2) is 36.4 Å². The van der Waals surface area contributed by atoms with E-state index < -0.39 is 11.1 Å². The molecule has 0 aromatic heterocycles. The van der Waals surface area contributed by atoms with Crippen molar-refractivity contribution in [3.8, 4) is 16.9 Å². The Hall–Kier alpha value is -2.07. The lowest BCUT2D eigenvalue weighted by atomic mass is 9.60. The van der Waals surface area contributed by atoms with Gasteiger partial charge in [0.1, 0.15) is 11.6 Å². The monoisotopic (exact) mass is 355 g/mol. The van der Waals surface area contributed by atoms with Gasteiger partial charge in [0.15, 0.2) is 0 Å². The summed E-state index contributed by atoms with van der Waals surface area (Å²) in [6.07, 6.45) is 2.74. The minimum absolute atomic E-state index is 0.316. The van der Waals surface area contributed by atoms with Crippen molar-refractivity contribution in [1.82, 2.24) is 0 Å². The summed E-state index contributed by atoms with van der Waals surface area (Å²) in [4.78, 5) is 0. The fraction of sp³-hybridized carbons (Fsp3) is 0.455. The predicted molar refractivity (Wildman–Crippen MR) is 102 cm³/mol. The van der Waals surface area contributed by atoms with Gasteiger partial charge >= 0.3 is 0 Å².